The molecule has 3 aromatic rings. The van der Waals surface area contributed by atoms with E-state index in [0.717, 1.165) is 4.17 Å². The molecule has 0 atom stereocenters. The molecule has 114 valence electrons. The molecule has 0 nitrogen and oxygen atoms in total. The Morgan fingerprint density at radius 1 is 0.545 bits per heavy atom. The summed E-state index contributed by atoms with van der Waals surface area (Å²) in [5.74, 6) is 0. The zero-order chi connectivity index (χ0) is 14.5. The number of hydrogen-bond donors (Lipinski definition) is 0. The first-order valence-corrected chi connectivity index (χ1v) is 10.8. The maximum absolute atomic E-state index is 2.57. The van der Waals surface area contributed by atoms with Gasteiger partial charge in [0.2, 0.25) is 0 Å². The van der Waals surface area contributed by atoms with Gasteiger partial charge in [0, 0.05) is 0 Å². The van der Waals surface area contributed by atoms with Crippen molar-refractivity contribution in [1.29, 1.82) is 0 Å². The van der Waals surface area contributed by atoms with E-state index in [1.165, 1.54) is 15.9 Å². The van der Waals surface area contributed by atoms with Gasteiger partial charge in [0.05, 0.1) is 0 Å². The summed E-state index contributed by atoms with van der Waals surface area (Å²) in [6.45, 7) is 0. The molecule has 0 saturated heterocycles. The number of hydrogen-bond acceptors (Lipinski definition) is 0. The molecule has 3 rings (SSSR count). The molecular weight excluding hydrogens is 513 g/mol. The second-order valence-corrected chi connectivity index (χ2v) is 11.2. The first-order chi connectivity index (χ1) is 10.4. The second-order valence-electron chi connectivity index (χ2n) is 5.14. The van der Waals surface area contributed by atoms with Gasteiger partial charge in [-0.25, -0.2) is 0 Å². The van der Waals surface area contributed by atoms with Crippen LogP contribution in [0.15, 0.2) is 91.0 Å². The van der Waals surface area contributed by atoms with Gasteiger partial charge in [0.15, 0.2) is 0 Å². The minimum absolute atomic E-state index is 0. The Hall–Kier alpha value is -0.450. The van der Waals surface area contributed by atoms with Crippen molar-refractivity contribution in [2.75, 3.05) is 4.17 Å². The predicted octanol–water partition coefficient (Wildman–Crippen LogP) is 4.72. The van der Waals surface area contributed by atoms with Crippen LogP contribution in [0, 0.1) is 0 Å². The third-order valence-corrected chi connectivity index (χ3v) is 11.8. The van der Waals surface area contributed by atoms with Crippen LogP contribution in [0.4, 0.5) is 0 Å². The molecule has 0 bridgehead atoms. The monoisotopic (exact) mass is 532 g/mol. The third kappa shape index (κ3) is 3.39. The van der Waals surface area contributed by atoms with E-state index >= 15 is 0 Å². The Morgan fingerprint density at radius 3 is 1.05 bits per heavy atom. The molecule has 0 aliphatic carbocycles. The van der Waals surface area contributed by atoms with E-state index in [1.54, 1.807) is 0 Å². The van der Waals surface area contributed by atoms with Gasteiger partial charge < -0.3 is 0 Å². The average molecular weight is 532 g/mol. The van der Waals surface area contributed by atoms with E-state index in [0.29, 0.717) is 0 Å². The van der Waals surface area contributed by atoms with Crippen LogP contribution >= 0.6 is 53.8 Å². The first kappa shape index (κ1) is 17.9. The Kier molecular flexibility index (Phi) is 6.85. The van der Waals surface area contributed by atoms with Crippen LogP contribution < -0.4 is 15.9 Å². The van der Waals surface area contributed by atoms with Crippen molar-refractivity contribution in [2.45, 2.75) is 0 Å². The van der Waals surface area contributed by atoms with Crippen molar-refractivity contribution in [3.63, 3.8) is 0 Å². The Balaban J connectivity index is 0.00000176. The summed E-state index contributed by atoms with van der Waals surface area (Å²) < 4.78 is 1.14. The molecule has 0 aliphatic rings. The van der Waals surface area contributed by atoms with Gasteiger partial charge >= 0.3 is 141 Å². The van der Waals surface area contributed by atoms with Crippen LogP contribution in [0.2, 0.25) is 0 Å². The maximum atomic E-state index is 2.57. The summed E-state index contributed by atoms with van der Waals surface area (Å²) in [7, 11) is -1.91. The summed E-state index contributed by atoms with van der Waals surface area (Å²) in [5, 5.41) is 4.45. The summed E-state index contributed by atoms with van der Waals surface area (Å²) in [4.78, 5) is 0. The predicted molar refractivity (Wildman–Crippen MR) is 121 cm³/mol. The fourth-order valence-electron chi connectivity index (χ4n) is 2.90. The number of rotatable bonds is 4. The van der Waals surface area contributed by atoms with Gasteiger partial charge in [-0.15, -0.1) is 24.0 Å². The fourth-order valence-corrected chi connectivity index (χ4v) is 10.6. The van der Waals surface area contributed by atoms with Crippen LogP contribution in [0.1, 0.15) is 0 Å². The molecule has 0 amide bonds. The van der Waals surface area contributed by atoms with Crippen molar-refractivity contribution in [2.24, 2.45) is 0 Å². The van der Waals surface area contributed by atoms with Crippen molar-refractivity contribution >= 4 is 69.7 Å². The van der Waals surface area contributed by atoms with Crippen LogP contribution in [0.3, 0.4) is 0 Å². The first-order valence-electron chi connectivity index (χ1n) is 7.10. The molecule has 3 heteroatoms. The van der Waals surface area contributed by atoms with E-state index in [9.17, 15) is 0 Å². The van der Waals surface area contributed by atoms with Gasteiger partial charge in [0.1, 0.15) is 0 Å². The van der Waals surface area contributed by atoms with Gasteiger partial charge in [-0.05, 0) is 0 Å². The quantitative estimate of drug-likeness (QED) is 0.259. The minimum atomic E-state index is -1.91. The zero-order valence-electron chi connectivity index (χ0n) is 12.2. The molecule has 0 N–H and O–H groups in total. The van der Waals surface area contributed by atoms with Gasteiger partial charge in [-0.1, -0.05) is 0 Å². The zero-order valence-corrected chi connectivity index (χ0v) is 17.6. The fraction of sp³-hybridized carbons (Fsp3) is 0.0526. The molecular formula is C19H19I2P. The summed E-state index contributed by atoms with van der Waals surface area (Å²) in [6.07, 6.45) is 0. The van der Waals surface area contributed by atoms with Gasteiger partial charge in [0.25, 0.3) is 0 Å². The molecule has 0 heterocycles. The van der Waals surface area contributed by atoms with Crippen molar-refractivity contribution in [3.05, 3.63) is 91.0 Å². The Bertz CT molecular complexity index is 588. The van der Waals surface area contributed by atoms with E-state index in [-0.39, 0.29) is 24.0 Å². The summed E-state index contributed by atoms with van der Waals surface area (Å²) >= 11 is 2.57. The molecule has 0 saturated carbocycles. The van der Waals surface area contributed by atoms with Crippen molar-refractivity contribution < 1.29 is 0 Å². The normalized spacial score (nSPS) is 11.5. The van der Waals surface area contributed by atoms with Crippen LogP contribution in [-0.2, 0) is 0 Å². The van der Waals surface area contributed by atoms with E-state index in [4.69, 9.17) is 0 Å². The Morgan fingerprint density at radius 2 is 0.818 bits per heavy atom. The average Bonchev–Trinajstić information content (AvgIpc) is 2.59. The topological polar surface area (TPSA) is 0 Å². The van der Waals surface area contributed by atoms with Crippen molar-refractivity contribution in [3.8, 4) is 0 Å². The van der Waals surface area contributed by atoms with E-state index < -0.39 is 7.26 Å². The molecule has 0 fully saturated rings. The molecule has 0 aliphatic heterocycles. The Labute approximate surface area is 163 Å². The van der Waals surface area contributed by atoms with E-state index in [1.807, 2.05) is 0 Å². The standard InChI is InChI=1S/C19H18IP.HI/c20-16-21(17-10-4-1-5-11-17,18-12-6-2-7-13-18)19-14-8-3-9-15-19;/h1-15,21H,16H2;1H. The molecule has 0 spiro atoms. The van der Waals surface area contributed by atoms with Gasteiger partial charge in [-0.3, -0.25) is 0 Å². The number of benzene rings is 3. The SMILES string of the molecule is I.IC[PH](c1ccccc1)(c1ccccc1)c1ccccc1. The van der Waals surface area contributed by atoms with Crippen molar-refractivity contribution in [1.82, 2.24) is 0 Å². The number of halogens is 2. The molecule has 0 radical (unpaired) electrons. The number of alkyl halides is 1. The summed E-state index contributed by atoms with van der Waals surface area (Å²) in [6, 6.07) is 33.1. The summed E-state index contributed by atoms with van der Waals surface area (Å²) in [5.41, 5.74) is 0. The van der Waals surface area contributed by atoms with E-state index in [2.05, 4.69) is 114 Å². The van der Waals surface area contributed by atoms with Crippen LogP contribution in [0.25, 0.3) is 0 Å². The van der Waals surface area contributed by atoms with Gasteiger partial charge in [-0.2, -0.15) is 0 Å². The molecule has 22 heavy (non-hydrogen) atoms. The van der Waals surface area contributed by atoms with Crippen LogP contribution in [-0.4, -0.2) is 4.17 Å². The van der Waals surface area contributed by atoms with Crippen LogP contribution in [0.5, 0.6) is 0 Å². The second kappa shape index (κ2) is 8.42. The molecule has 0 unspecified atom stereocenters. The molecule has 3 aromatic carbocycles. The third-order valence-electron chi connectivity index (χ3n) is 4.00. The molecule has 0 aromatic heterocycles.